The summed E-state index contributed by atoms with van der Waals surface area (Å²) in [5, 5.41) is 3.14. The third-order valence-corrected chi connectivity index (χ3v) is 7.33. The summed E-state index contributed by atoms with van der Waals surface area (Å²) in [4.78, 5) is 41.1. The number of anilines is 2. The molecule has 1 fully saturated rings. The second-order valence-electron chi connectivity index (χ2n) is 9.30. The van der Waals surface area contributed by atoms with Gasteiger partial charge in [-0.25, -0.2) is 0 Å². The van der Waals surface area contributed by atoms with Gasteiger partial charge in [-0.1, -0.05) is 37.0 Å². The quantitative estimate of drug-likeness (QED) is 0.436. The van der Waals surface area contributed by atoms with Gasteiger partial charge in [0.05, 0.1) is 5.69 Å². The van der Waals surface area contributed by atoms with Crippen LogP contribution in [0.2, 0.25) is 0 Å². The fourth-order valence-corrected chi connectivity index (χ4v) is 5.42. The first kappa shape index (κ1) is 25.4. The first-order valence-corrected chi connectivity index (χ1v) is 12.8. The summed E-state index contributed by atoms with van der Waals surface area (Å²) < 4.78 is 9.90. The van der Waals surface area contributed by atoms with Crippen molar-refractivity contribution in [3.05, 3.63) is 63.6 Å². The molecule has 0 radical (unpaired) electrons. The van der Waals surface area contributed by atoms with Crippen LogP contribution in [0.25, 0.3) is 0 Å². The third kappa shape index (κ3) is 5.13. The highest BCUT2D eigenvalue weighted by molar-refractivity contribution is 7.09. The van der Waals surface area contributed by atoms with Crippen molar-refractivity contribution in [3.63, 3.8) is 0 Å². The number of rotatable bonds is 7. The minimum atomic E-state index is -1.10. The molecule has 5 N–H and O–H groups in total. The molecule has 0 bridgehead atoms. The standard InChI is InChI=1S/C26H31N5O4S/c1-14-9-11-18(15(2)13-14)31(26(34)23-20(27)21(24(28)32)30-36-23)22(19-12-10-16(3)35-19)25(33)29-17-7-5-4-6-8-17/h9-13,17,22H,4-8,27H2,1-3H3,(H2,28,32)(H,29,33). The number of hydrogen-bond donors (Lipinski definition) is 3. The van der Waals surface area contributed by atoms with Crippen LogP contribution < -0.4 is 21.7 Å². The largest absolute Gasteiger partial charge is 0.464 e. The van der Waals surface area contributed by atoms with Gasteiger partial charge in [-0.2, -0.15) is 4.37 Å². The number of nitrogen functional groups attached to an aromatic ring is 1. The van der Waals surface area contributed by atoms with Crippen LogP contribution in [0.4, 0.5) is 11.4 Å². The summed E-state index contributed by atoms with van der Waals surface area (Å²) in [7, 11) is 0. The molecule has 190 valence electrons. The molecule has 3 aromatic rings. The van der Waals surface area contributed by atoms with Gasteiger partial charge in [0.15, 0.2) is 11.7 Å². The smallest absolute Gasteiger partial charge is 0.273 e. The van der Waals surface area contributed by atoms with Crippen molar-refractivity contribution in [2.24, 2.45) is 5.73 Å². The fraction of sp³-hybridized carbons (Fsp3) is 0.385. The topological polar surface area (TPSA) is 145 Å². The molecular formula is C26H31N5O4S. The highest BCUT2D eigenvalue weighted by Crippen LogP contribution is 2.36. The van der Waals surface area contributed by atoms with Crippen molar-refractivity contribution >= 4 is 40.6 Å². The van der Waals surface area contributed by atoms with Gasteiger partial charge < -0.3 is 21.2 Å². The zero-order valence-corrected chi connectivity index (χ0v) is 21.5. The van der Waals surface area contributed by atoms with E-state index < -0.39 is 17.9 Å². The van der Waals surface area contributed by atoms with Crippen LogP contribution in [-0.2, 0) is 4.79 Å². The van der Waals surface area contributed by atoms with Crippen molar-refractivity contribution in [2.75, 3.05) is 10.6 Å². The van der Waals surface area contributed by atoms with E-state index in [-0.39, 0.29) is 28.2 Å². The van der Waals surface area contributed by atoms with Gasteiger partial charge in [0, 0.05) is 11.7 Å². The molecule has 1 aliphatic carbocycles. The predicted octanol–water partition coefficient (Wildman–Crippen LogP) is 4.18. The number of carbonyl (C=O) groups is 3. The van der Waals surface area contributed by atoms with Crippen LogP contribution in [0.5, 0.6) is 0 Å². The molecule has 1 saturated carbocycles. The molecule has 3 amide bonds. The molecule has 9 nitrogen and oxygen atoms in total. The molecule has 0 spiro atoms. The number of nitrogens with two attached hydrogens (primary N) is 2. The molecule has 2 aromatic heterocycles. The van der Waals surface area contributed by atoms with Crippen LogP contribution in [0, 0.1) is 20.8 Å². The summed E-state index contributed by atoms with van der Waals surface area (Å²) in [6, 6.07) is 7.98. The van der Waals surface area contributed by atoms with Crippen molar-refractivity contribution in [3.8, 4) is 0 Å². The number of amides is 3. The van der Waals surface area contributed by atoms with E-state index in [9.17, 15) is 14.4 Å². The maximum absolute atomic E-state index is 14.1. The normalized spacial score (nSPS) is 14.9. The van der Waals surface area contributed by atoms with Crippen LogP contribution in [0.1, 0.15) is 81.0 Å². The summed E-state index contributed by atoms with van der Waals surface area (Å²) in [6.07, 6.45) is 5.01. The zero-order valence-electron chi connectivity index (χ0n) is 20.7. The van der Waals surface area contributed by atoms with Crippen LogP contribution >= 0.6 is 11.5 Å². The molecular weight excluding hydrogens is 478 g/mol. The lowest BCUT2D eigenvalue weighted by atomic mass is 9.95. The fourth-order valence-electron chi connectivity index (χ4n) is 4.68. The maximum Gasteiger partial charge on any atom is 0.273 e. The molecule has 4 rings (SSSR count). The minimum absolute atomic E-state index is 0.0239. The summed E-state index contributed by atoms with van der Waals surface area (Å²) in [5.74, 6) is -0.798. The van der Waals surface area contributed by atoms with E-state index in [1.807, 2.05) is 26.0 Å². The highest BCUT2D eigenvalue weighted by Gasteiger charge is 2.39. The number of carbonyl (C=O) groups excluding carboxylic acids is 3. The lowest BCUT2D eigenvalue weighted by Crippen LogP contribution is -2.47. The van der Waals surface area contributed by atoms with Crippen molar-refractivity contribution in [2.45, 2.75) is 65.0 Å². The maximum atomic E-state index is 14.1. The number of benzene rings is 1. The molecule has 36 heavy (non-hydrogen) atoms. The second kappa shape index (κ2) is 10.5. The Kier molecular flexibility index (Phi) is 7.44. The van der Waals surface area contributed by atoms with Gasteiger partial charge in [0.1, 0.15) is 16.4 Å². The Bertz CT molecular complexity index is 1290. The predicted molar refractivity (Wildman–Crippen MR) is 139 cm³/mol. The summed E-state index contributed by atoms with van der Waals surface area (Å²) in [6.45, 7) is 5.60. The molecule has 1 atom stereocenters. The van der Waals surface area contributed by atoms with Crippen LogP contribution in [0.3, 0.4) is 0 Å². The van der Waals surface area contributed by atoms with Gasteiger partial charge >= 0.3 is 0 Å². The number of aryl methyl sites for hydroxylation is 3. The van der Waals surface area contributed by atoms with Crippen molar-refractivity contribution in [1.29, 1.82) is 0 Å². The molecule has 2 heterocycles. The highest BCUT2D eigenvalue weighted by atomic mass is 32.1. The van der Waals surface area contributed by atoms with Crippen molar-refractivity contribution in [1.82, 2.24) is 9.69 Å². The monoisotopic (exact) mass is 509 g/mol. The zero-order chi connectivity index (χ0) is 26.0. The van der Waals surface area contributed by atoms with E-state index in [0.717, 1.165) is 54.8 Å². The van der Waals surface area contributed by atoms with Crippen LogP contribution in [0.15, 0.2) is 34.7 Å². The lowest BCUT2D eigenvalue weighted by molar-refractivity contribution is -0.123. The lowest BCUT2D eigenvalue weighted by Gasteiger charge is -2.33. The summed E-state index contributed by atoms with van der Waals surface area (Å²) >= 11 is 0.780. The molecule has 1 aromatic carbocycles. The van der Waals surface area contributed by atoms with Crippen molar-refractivity contribution < 1.29 is 18.8 Å². The molecule has 10 heteroatoms. The average molecular weight is 510 g/mol. The van der Waals surface area contributed by atoms with E-state index in [4.69, 9.17) is 15.9 Å². The Labute approximate surface area is 214 Å². The van der Waals surface area contributed by atoms with Gasteiger partial charge in [-0.05, 0) is 68.9 Å². The molecule has 0 saturated heterocycles. The number of furan rings is 1. The van der Waals surface area contributed by atoms with Gasteiger partial charge in [-0.15, -0.1) is 0 Å². The summed E-state index contributed by atoms with van der Waals surface area (Å²) in [5.41, 5.74) is 13.6. The molecule has 1 aliphatic rings. The van der Waals surface area contributed by atoms with E-state index >= 15 is 0 Å². The Hall–Kier alpha value is -3.66. The minimum Gasteiger partial charge on any atom is -0.464 e. The second-order valence-corrected chi connectivity index (χ2v) is 10.1. The Morgan fingerprint density at radius 1 is 1.11 bits per heavy atom. The van der Waals surface area contributed by atoms with E-state index in [2.05, 4.69) is 9.69 Å². The number of nitrogens with one attached hydrogen (secondary N) is 1. The Morgan fingerprint density at radius 2 is 1.83 bits per heavy atom. The van der Waals surface area contributed by atoms with Gasteiger partial charge in [0.25, 0.3) is 17.7 Å². The Morgan fingerprint density at radius 3 is 2.42 bits per heavy atom. The van der Waals surface area contributed by atoms with Gasteiger partial charge in [-0.3, -0.25) is 19.3 Å². The number of nitrogens with zero attached hydrogens (tertiary/aromatic N) is 2. The van der Waals surface area contributed by atoms with Crippen LogP contribution in [-0.4, -0.2) is 28.1 Å². The first-order chi connectivity index (χ1) is 17.2. The molecule has 0 aliphatic heterocycles. The number of aromatic nitrogens is 1. The number of hydrogen-bond acceptors (Lipinski definition) is 7. The third-order valence-electron chi connectivity index (χ3n) is 6.47. The SMILES string of the molecule is Cc1ccc(N(C(=O)c2snc(C(N)=O)c2N)C(C(=O)NC2CCCCC2)c2ccc(C)o2)c(C)c1. The molecule has 1 unspecified atom stereocenters. The first-order valence-electron chi connectivity index (χ1n) is 12.0. The van der Waals surface area contributed by atoms with E-state index in [0.29, 0.717) is 17.2 Å². The average Bonchev–Trinajstić information content (AvgIpc) is 3.43. The van der Waals surface area contributed by atoms with Gasteiger partial charge in [0.2, 0.25) is 0 Å². The van der Waals surface area contributed by atoms with E-state index in [1.165, 1.54) is 4.90 Å². The van der Waals surface area contributed by atoms with E-state index in [1.54, 1.807) is 25.1 Å². The number of primary amides is 1. The Balaban J connectivity index is 1.85.